The third-order valence-electron chi connectivity index (χ3n) is 3.65. The summed E-state index contributed by atoms with van der Waals surface area (Å²) < 4.78 is 1.33. The second kappa shape index (κ2) is 6.13. The molecule has 122 valence electrons. The van der Waals surface area contributed by atoms with Gasteiger partial charge in [-0.2, -0.15) is 5.43 Å². The molecular weight excluding hydrogens is 310 g/mol. The molecule has 0 saturated carbocycles. The van der Waals surface area contributed by atoms with E-state index < -0.39 is 5.91 Å². The van der Waals surface area contributed by atoms with Gasteiger partial charge in [0.1, 0.15) is 0 Å². The Bertz CT molecular complexity index is 895. The SMILES string of the molecule is CC1=C(c2cccc(C)c2)C(=O)[NH2+]N=C1C(=O)Nc1nnnn1C. The number of nitrogens with zero attached hydrogens (tertiary/aromatic N) is 5. The number of tetrazole rings is 1. The molecule has 0 saturated heterocycles. The van der Waals surface area contributed by atoms with E-state index in [1.807, 2.05) is 31.2 Å². The van der Waals surface area contributed by atoms with Crippen LogP contribution < -0.4 is 10.7 Å². The number of amides is 2. The van der Waals surface area contributed by atoms with Gasteiger partial charge in [0.25, 0.3) is 5.91 Å². The van der Waals surface area contributed by atoms with Crippen molar-refractivity contribution in [2.45, 2.75) is 13.8 Å². The molecule has 1 aromatic carbocycles. The molecule has 1 aliphatic rings. The van der Waals surface area contributed by atoms with Gasteiger partial charge >= 0.3 is 5.91 Å². The molecule has 0 bridgehead atoms. The van der Waals surface area contributed by atoms with E-state index in [0.717, 1.165) is 16.6 Å². The van der Waals surface area contributed by atoms with Gasteiger partial charge in [-0.15, -0.1) is 0 Å². The van der Waals surface area contributed by atoms with E-state index in [9.17, 15) is 9.59 Å². The van der Waals surface area contributed by atoms with Gasteiger partial charge in [0.15, 0.2) is 5.71 Å². The fraction of sp³-hybridized carbons (Fsp3) is 0.200. The van der Waals surface area contributed by atoms with Gasteiger partial charge in [-0.1, -0.05) is 40.0 Å². The summed E-state index contributed by atoms with van der Waals surface area (Å²) in [6, 6.07) is 7.55. The number of hydrogen-bond donors (Lipinski definition) is 2. The second-order valence-electron chi connectivity index (χ2n) is 5.42. The lowest BCUT2D eigenvalue weighted by Gasteiger charge is -2.14. The molecule has 9 heteroatoms. The highest BCUT2D eigenvalue weighted by atomic mass is 16.2. The van der Waals surface area contributed by atoms with E-state index in [0.29, 0.717) is 11.1 Å². The quantitative estimate of drug-likeness (QED) is 0.729. The average Bonchev–Trinajstić information content (AvgIpc) is 2.92. The number of benzene rings is 1. The molecule has 3 N–H and O–H groups in total. The first-order valence-electron chi connectivity index (χ1n) is 7.24. The van der Waals surface area contributed by atoms with Gasteiger partial charge in [-0.25, -0.2) is 9.48 Å². The maximum Gasteiger partial charge on any atom is 0.369 e. The first-order chi connectivity index (χ1) is 11.5. The number of hydrogen-bond acceptors (Lipinski definition) is 6. The van der Waals surface area contributed by atoms with Gasteiger partial charge < -0.3 is 0 Å². The zero-order valence-corrected chi connectivity index (χ0v) is 13.4. The molecule has 9 nitrogen and oxygen atoms in total. The Morgan fingerprint density at radius 2 is 2.08 bits per heavy atom. The fourth-order valence-corrected chi connectivity index (χ4v) is 2.47. The van der Waals surface area contributed by atoms with Crippen molar-refractivity contribution in [2.24, 2.45) is 12.1 Å². The van der Waals surface area contributed by atoms with Gasteiger partial charge in [-0.3, -0.25) is 10.1 Å². The van der Waals surface area contributed by atoms with Crippen molar-refractivity contribution in [1.82, 2.24) is 20.2 Å². The number of rotatable bonds is 3. The topological polar surface area (TPSA) is 119 Å². The monoisotopic (exact) mass is 326 g/mol. The highest BCUT2D eigenvalue weighted by Crippen LogP contribution is 2.22. The Labute approximate surface area is 137 Å². The third kappa shape index (κ3) is 2.84. The Balaban J connectivity index is 1.96. The van der Waals surface area contributed by atoms with Crippen LogP contribution in [0.15, 0.2) is 34.9 Å². The molecule has 0 unspecified atom stereocenters. The first kappa shape index (κ1) is 15.7. The summed E-state index contributed by atoms with van der Waals surface area (Å²) in [5.74, 6) is -0.501. The number of aryl methyl sites for hydroxylation is 2. The summed E-state index contributed by atoms with van der Waals surface area (Å²) in [6.45, 7) is 3.65. The smallest absolute Gasteiger partial charge is 0.288 e. The molecule has 0 spiro atoms. The van der Waals surface area contributed by atoms with Crippen molar-refractivity contribution in [3.05, 3.63) is 41.0 Å². The van der Waals surface area contributed by atoms with Crippen molar-refractivity contribution in [3.63, 3.8) is 0 Å². The molecule has 0 radical (unpaired) electrons. The molecule has 24 heavy (non-hydrogen) atoms. The molecule has 2 heterocycles. The van der Waals surface area contributed by atoms with Crippen molar-refractivity contribution in [3.8, 4) is 0 Å². The minimum atomic E-state index is -0.473. The largest absolute Gasteiger partial charge is 0.369 e. The van der Waals surface area contributed by atoms with Crippen molar-refractivity contribution < 1.29 is 15.0 Å². The van der Waals surface area contributed by atoms with E-state index in [4.69, 9.17) is 0 Å². The van der Waals surface area contributed by atoms with Crippen LogP contribution in [0, 0.1) is 6.92 Å². The fourth-order valence-electron chi connectivity index (χ4n) is 2.47. The lowest BCUT2D eigenvalue weighted by atomic mass is 9.95. The average molecular weight is 326 g/mol. The summed E-state index contributed by atoms with van der Waals surface area (Å²) in [5, 5.41) is 17.4. The van der Waals surface area contributed by atoms with Gasteiger partial charge in [0.2, 0.25) is 5.95 Å². The second-order valence-corrected chi connectivity index (χ2v) is 5.42. The number of quaternary nitrogens is 1. The minimum absolute atomic E-state index is 0.161. The van der Waals surface area contributed by atoms with Crippen LogP contribution in [0.3, 0.4) is 0 Å². The van der Waals surface area contributed by atoms with E-state index in [2.05, 4.69) is 25.9 Å². The van der Waals surface area contributed by atoms with E-state index in [1.54, 1.807) is 14.0 Å². The minimum Gasteiger partial charge on any atom is -0.288 e. The van der Waals surface area contributed by atoms with Gasteiger partial charge in [0.05, 0.1) is 5.57 Å². The van der Waals surface area contributed by atoms with E-state index >= 15 is 0 Å². The molecule has 0 atom stereocenters. The van der Waals surface area contributed by atoms with Crippen LogP contribution in [0.1, 0.15) is 18.1 Å². The number of aromatic nitrogens is 4. The number of carbonyl (C=O) groups is 2. The summed E-state index contributed by atoms with van der Waals surface area (Å²) in [4.78, 5) is 24.7. The van der Waals surface area contributed by atoms with E-state index in [1.165, 1.54) is 4.68 Å². The summed E-state index contributed by atoms with van der Waals surface area (Å²) in [5.41, 5.74) is 4.09. The number of nitrogens with one attached hydrogen (secondary N) is 1. The molecule has 0 aliphatic carbocycles. The van der Waals surface area contributed by atoms with Crippen LogP contribution in [0.25, 0.3) is 5.57 Å². The molecule has 3 rings (SSSR count). The maximum atomic E-state index is 12.5. The number of anilines is 1. The Kier molecular flexibility index (Phi) is 4.00. The van der Waals surface area contributed by atoms with Crippen LogP contribution in [0.5, 0.6) is 0 Å². The van der Waals surface area contributed by atoms with Crippen LogP contribution in [-0.2, 0) is 16.6 Å². The predicted molar refractivity (Wildman–Crippen MR) is 85.6 cm³/mol. The van der Waals surface area contributed by atoms with Crippen LogP contribution in [-0.4, -0.2) is 37.7 Å². The molecule has 2 amide bonds. The highest BCUT2D eigenvalue weighted by Gasteiger charge is 2.31. The highest BCUT2D eigenvalue weighted by molar-refractivity contribution is 6.51. The van der Waals surface area contributed by atoms with Crippen LogP contribution in [0.4, 0.5) is 5.95 Å². The summed E-state index contributed by atoms with van der Waals surface area (Å²) in [6.07, 6.45) is 0. The zero-order chi connectivity index (χ0) is 17.3. The van der Waals surface area contributed by atoms with Crippen LogP contribution >= 0.6 is 0 Å². The van der Waals surface area contributed by atoms with E-state index in [-0.39, 0.29) is 17.6 Å². The van der Waals surface area contributed by atoms with Crippen molar-refractivity contribution in [2.75, 3.05) is 5.32 Å². The van der Waals surface area contributed by atoms with Crippen LogP contribution in [0.2, 0.25) is 0 Å². The van der Waals surface area contributed by atoms with Gasteiger partial charge in [0, 0.05) is 12.6 Å². The molecular formula is C15H16N7O2+. The predicted octanol–water partition coefficient (Wildman–Crippen LogP) is -0.610. The standard InChI is InChI=1S/C15H15N7O2/c1-8-5-4-6-10(7-8)11-9(2)12(17-18-13(11)23)14(24)16-15-19-20-21-22(15)3/h4-7H,1-3H3,(H,18,23)(H,16,19,21,24)/p+1. The lowest BCUT2D eigenvalue weighted by molar-refractivity contribution is -0.569. The Morgan fingerprint density at radius 3 is 2.75 bits per heavy atom. The van der Waals surface area contributed by atoms with Gasteiger partial charge in [-0.05, 0) is 29.8 Å². The zero-order valence-electron chi connectivity index (χ0n) is 13.4. The normalized spacial score (nSPS) is 14.6. The Hall–Kier alpha value is -3.20. The first-order valence-corrected chi connectivity index (χ1v) is 7.24. The molecule has 2 aromatic rings. The molecule has 1 aromatic heterocycles. The number of nitrogens with two attached hydrogens (primary N) is 1. The van der Waals surface area contributed by atoms with Crippen molar-refractivity contribution in [1.29, 1.82) is 0 Å². The third-order valence-corrected chi connectivity index (χ3v) is 3.65. The number of carbonyl (C=O) groups excluding carboxylic acids is 2. The summed E-state index contributed by atoms with van der Waals surface area (Å²) in [7, 11) is 1.61. The number of primary amides is 1. The lowest BCUT2D eigenvalue weighted by Crippen LogP contribution is -2.84. The Morgan fingerprint density at radius 1 is 1.29 bits per heavy atom. The molecule has 0 fully saturated rings. The maximum absolute atomic E-state index is 12.5. The molecule has 1 aliphatic heterocycles. The van der Waals surface area contributed by atoms with Crippen molar-refractivity contribution >= 4 is 29.0 Å². The summed E-state index contributed by atoms with van der Waals surface area (Å²) >= 11 is 0.